The number of benzene rings is 1. The standard InChI is InChI=1S/C16H20O3S/c1-6-16(5)14(11-15(3,4)19-16)20(17,18)13-9-7-12(2)8-10-13/h6-11H,1H2,2-5H3. The van der Waals surface area contributed by atoms with Crippen molar-refractivity contribution in [1.82, 2.24) is 0 Å². The Balaban J connectivity index is 2.59. The fourth-order valence-electron chi connectivity index (χ4n) is 2.42. The van der Waals surface area contributed by atoms with Gasteiger partial charge in [-0.3, -0.25) is 0 Å². The van der Waals surface area contributed by atoms with E-state index in [-0.39, 0.29) is 9.80 Å². The first kappa shape index (κ1) is 15.0. The molecule has 1 unspecified atom stereocenters. The summed E-state index contributed by atoms with van der Waals surface area (Å²) in [4.78, 5) is 0.539. The molecule has 0 bridgehead atoms. The Kier molecular flexibility index (Phi) is 3.43. The molecule has 2 rings (SSSR count). The molecule has 0 fully saturated rings. The minimum Gasteiger partial charge on any atom is -0.356 e. The number of aryl methyl sites for hydroxylation is 1. The van der Waals surface area contributed by atoms with E-state index in [1.165, 1.54) is 0 Å². The second-order valence-electron chi connectivity index (χ2n) is 5.84. The summed E-state index contributed by atoms with van der Waals surface area (Å²) >= 11 is 0. The SMILES string of the molecule is C=CC1(C)OC(C)(C)C=C1S(=O)(=O)c1ccc(C)cc1. The summed E-state index contributed by atoms with van der Waals surface area (Å²) in [6, 6.07) is 6.83. The van der Waals surface area contributed by atoms with Gasteiger partial charge in [0.15, 0.2) is 0 Å². The fraction of sp³-hybridized carbons (Fsp3) is 0.375. The lowest BCUT2D eigenvalue weighted by Gasteiger charge is -2.27. The molecule has 0 N–H and O–H groups in total. The molecule has 1 heterocycles. The van der Waals surface area contributed by atoms with Crippen LogP contribution in [0, 0.1) is 6.92 Å². The molecule has 108 valence electrons. The number of sulfone groups is 1. The summed E-state index contributed by atoms with van der Waals surface area (Å²) < 4.78 is 31.5. The maximum absolute atomic E-state index is 12.8. The third-order valence-corrected chi connectivity index (χ3v) is 5.45. The predicted molar refractivity (Wildman–Crippen MR) is 80.2 cm³/mol. The van der Waals surface area contributed by atoms with Crippen molar-refractivity contribution in [1.29, 1.82) is 0 Å². The molecule has 0 aliphatic carbocycles. The van der Waals surface area contributed by atoms with E-state index in [4.69, 9.17) is 4.74 Å². The average molecular weight is 292 g/mol. The summed E-state index contributed by atoms with van der Waals surface area (Å²) in [5.74, 6) is 0. The Bertz CT molecular complexity index is 666. The van der Waals surface area contributed by atoms with E-state index >= 15 is 0 Å². The minimum atomic E-state index is -3.58. The largest absolute Gasteiger partial charge is 0.356 e. The van der Waals surface area contributed by atoms with Crippen molar-refractivity contribution in [3.8, 4) is 0 Å². The first-order valence-corrected chi connectivity index (χ1v) is 7.98. The van der Waals surface area contributed by atoms with Gasteiger partial charge in [0.25, 0.3) is 0 Å². The van der Waals surface area contributed by atoms with Crippen LogP contribution in [0.2, 0.25) is 0 Å². The highest BCUT2D eigenvalue weighted by Crippen LogP contribution is 2.42. The smallest absolute Gasteiger partial charge is 0.205 e. The quantitative estimate of drug-likeness (QED) is 0.802. The van der Waals surface area contributed by atoms with Gasteiger partial charge in [0.05, 0.1) is 15.4 Å². The van der Waals surface area contributed by atoms with E-state index in [0.29, 0.717) is 0 Å². The highest BCUT2D eigenvalue weighted by Gasteiger charge is 2.46. The second-order valence-corrected chi connectivity index (χ2v) is 7.76. The highest BCUT2D eigenvalue weighted by molar-refractivity contribution is 7.95. The molecule has 1 aromatic carbocycles. The van der Waals surface area contributed by atoms with Gasteiger partial charge >= 0.3 is 0 Å². The summed E-state index contributed by atoms with van der Waals surface area (Å²) in [6.45, 7) is 11.1. The zero-order chi connectivity index (χ0) is 15.2. The van der Waals surface area contributed by atoms with Gasteiger partial charge in [0.1, 0.15) is 5.60 Å². The fourth-order valence-corrected chi connectivity index (χ4v) is 4.26. The zero-order valence-corrected chi connectivity index (χ0v) is 13.1. The van der Waals surface area contributed by atoms with Gasteiger partial charge in [0.2, 0.25) is 9.84 Å². The van der Waals surface area contributed by atoms with Crippen molar-refractivity contribution >= 4 is 9.84 Å². The third-order valence-electron chi connectivity index (χ3n) is 3.45. The lowest BCUT2D eigenvalue weighted by Crippen LogP contribution is -2.32. The molecule has 1 aliphatic heterocycles. The first-order valence-electron chi connectivity index (χ1n) is 6.50. The molecule has 1 aromatic rings. The van der Waals surface area contributed by atoms with Crippen LogP contribution in [0.15, 0.2) is 52.8 Å². The van der Waals surface area contributed by atoms with E-state index < -0.39 is 21.0 Å². The van der Waals surface area contributed by atoms with E-state index in [1.807, 2.05) is 20.8 Å². The molecular weight excluding hydrogens is 272 g/mol. The van der Waals surface area contributed by atoms with Gasteiger partial charge < -0.3 is 4.74 Å². The predicted octanol–water partition coefficient (Wildman–Crippen LogP) is 3.41. The third kappa shape index (κ3) is 2.45. The topological polar surface area (TPSA) is 43.4 Å². The van der Waals surface area contributed by atoms with E-state index in [9.17, 15) is 8.42 Å². The van der Waals surface area contributed by atoms with Crippen molar-refractivity contribution in [2.75, 3.05) is 0 Å². The van der Waals surface area contributed by atoms with Crippen LogP contribution in [-0.2, 0) is 14.6 Å². The molecule has 0 spiro atoms. The van der Waals surface area contributed by atoms with Gasteiger partial charge in [-0.25, -0.2) is 8.42 Å². The molecule has 1 aliphatic rings. The maximum Gasteiger partial charge on any atom is 0.205 e. The Labute approximate surface area is 120 Å². The number of ether oxygens (including phenoxy) is 1. The Hall–Kier alpha value is -1.39. The van der Waals surface area contributed by atoms with Crippen LogP contribution in [0.1, 0.15) is 26.3 Å². The minimum absolute atomic E-state index is 0.258. The molecule has 0 aromatic heterocycles. The van der Waals surface area contributed by atoms with Gasteiger partial charge in [0, 0.05) is 0 Å². The average Bonchev–Trinajstić information content (AvgIpc) is 2.61. The van der Waals surface area contributed by atoms with Crippen molar-refractivity contribution in [3.05, 3.63) is 53.5 Å². The van der Waals surface area contributed by atoms with E-state index in [2.05, 4.69) is 6.58 Å². The molecule has 0 amide bonds. The van der Waals surface area contributed by atoms with Crippen LogP contribution in [0.25, 0.3) is 0 Å². The second kappa shape index (κ2) is 4.57. The van der Waals surface area contributed by atoms with Gasteiger partial charge in [-0.15, -0.1) is 0 Å². The Morgan fingerprint density at radius 2 is 1.70 bits per heavy atom. The molecule has 0 saturated carbocycles. The zero-order valence-electron chi connectivity index (χ0n) is 12.3. The van der Waals surface area contributed by atoms with Gasteiger partial charge in [-0.2, -0.15) is 0 Å². The van der Waals surface area contributed by atoms with Crippen molar-refractivity contribution in [2.24, 2.45) is 0 Å². The molecule has 4 heteroatoms. The molecular formula is C16H20O3S. The van der Waals surface area contributed by atoms with E-state index in [0.717, 1.165) is 5.56 Å². The lowest BCUT2D eigenvalue weighted by molar-refractivity contribution is -0.0332. The summed E-state index contributed by atoms with van der Waals surface area (Å²) in [6.07, 6.45) is 3.21. The van der Waals surface area contributed by atoms with Crippen LogP contribution < -0.4 is 0 Å². The van der Waals surface area contributed by atoms with E-state index in [1.54, 1.807) is 43.3 Å². The van der Waals surface area contributed by atoms with Gasteiger partial charge in [-0.05, 0) is 45.9 Å². The van der Waals surface area contributed by atoms with Crippen molar-refractivity contribution in [3.63, 3.8) is 0 Å². The Morgan fingerprint density at radius 1 is 1.15 bits per heavy atom. The summed E-state index contributed by atoms with van der Waals surface area (Å²) in [5.41, 5.74) is -0.601. The number of hydrogen-bond donors (Lipinski definition) is 0. The Morgan fingerprint density at radius 3 is 2.20 bits per heavy atom. The molecule has 20 heavy (non-hydrogen) atoms. The van der Waals surface area contributed by atoms with Crippen LogP contribution in [-0.4, -0.2) is 19.6 Å². The lowest BCUT2D eigenvalue weighted by atomic mass is 10.1. The van der Waals surface area contributed by atoms with Crippen LogP contribution in [0.4, 0.5) is 0 Å². The normalized spacial score (nSPS) is 25.3. The van der Waals surface area contributed by atoms with Crippen LogP contribution in [0.3, 0.4) is 0 Å². The maximum atomic E-state index is 12.8. The van der Waals surface area contributed by atoms with Crippen molar-refractivity contribution in [2.45, 2.75) is 43.8 Å². The summed E-state index contributed by atoms with van der Waals surface area (Å²) in [7, 11) is -3.58. The highest BCUT2D eigenvalue weighted by atomic mass is 32.2. The number of hydrogen-bond acceptors (Lipinski definition) is 3. The first-order chi connectivity index (χ1) is 9.11. The van der Waals surface area contributed by atoms with Gasteiger partial charge in [-0.1, -0.05) is 30.4 Å². The summed E-state index contributed by atoms with van der Waals surface area (Å²) in [5, 5.41) is 0. The van der Waals surface area contributed by atoms with Crippen molar-refractivity contribution < 1.29 is 13.2 Å². The number of rotatable bonds is 3. The van der Waals surface area contributed by atoms with Crippen LogP contribution >= 0.6 is 0 Å². The molecule has 0 saturated heterocycles. The monoisotopic (exact) mass is 292 g/mol. The molecule has 1 atom stereocenters. The molecule has 0 radical (unpaired) electrons. The van der Waals surface area contributed by atoms with Crippen LogP contribution in [0.5, 0.6) is 0 Å². The molecule has 3 nitrogen and oxygen atoms in total.